The van der Waals surface area contributed by atoms with Gasteiger partial charge < -0.3 is 14.9 Å². The van der Waals surface area contributed by atoms with Crippen molar-refractivity contribution in [1.29, 1.82) is 0 Å². The van der Waals surface area contributed by atoms with E-state index in [9.17, 15) is 4.79 Å². The summed E-state index contributed by atoms with van der Waals surface area (Å²) in [6, 6.07) is 7.70. The van der Waals surface area contributed by atoms with Crippen LogP contribution in [-0.4, -0.2) is 10.3 Å². The van der Waals surface area contributed by atoms with E-state index in [0.29, 0.717) is 23.4 Å². The number of fused-ring (bicyclic) bond motifs is 2. The van der Waals surface area contributed by atoms with Crippen molar-refractivity contribution in [1.82, 2.24) is 5.16 Å². The monoisotopic (exact) mass is 230 g/mol. The van der Waals surface area contributed by atoms with E-state index in [0.717, 1.165) is 11.3 Å². The fourth-order valence-electron chi connectivity index (χ4n) is 2.01. The van der Waals surface area contributed by atoms with E-state index >= 15 is 0 Å². The number of anilines is 2. The van der Waals surface area contributed by atoms with Crippen molar-refractivity contribution in [2.24, 2.45) is 0 Å². The molecule has 5 heteroatoms. The van der Waals surface area contributed by atoms with E-state index in [1.54, 1.807) is 0 Å². The number of aliphatic hydroxyl groups excluding tert-OH is 1. The molecule has 0 saturated heterocycles. The highest BCUT2D eigenvalue weighted by Crippen LogP contribution is 2.32. The second-order valence-electron chi connectivity index (χ2n) is 3.89. The zero-order valence-electron chi connectivity index (χ0n) is 8.93. The van der Waals surface area contributed by atoms with Crippen LogP contribution < -0.4 is 10.9 Å². The van der Waals surface area contributed by atoms with Gasteiger partial charge in [0, 0.05) is 12.1 Å². The summed E-state index contributed by atoms with van der Waals surface area (Å²) in [6.45, 7) is -0.263. The van der Waals surface area contributed by atoms with Crippen LogP contribution in [-0.2, 0) is 13.0 Å². The van der Waals surface area contributed by atoms with E-state index in [4.69, 9.17) is 5.11 Å². The second kappa shape index (κ2) is 3.71. The Morgan fingerprint density at radius 1 is 1.41 bits per heavy atom. The number of aliphatic hydroxyl groups is 1. The molecule has 0 spiro atoms. The average Bonchev–Trinajstić information content (AvgIpc) is 2.38. The van der Waals surface area contributed by atoms with Gasteiger partial charge in [-0.1, -0.05) is 23.4 Å². The van der Waals surface area contributed by atoms with Gasteiger partial charge in [0.15, 0.2) is 0 Å². The molecule has 2 aromatic rings. The van der Waals surface area contributed by atoms with E-state index < -0.39 is 5.63 Å². The summed E-state index contributed by atoms with van der Waals surface area (Å²) < 4.78 is 4.66. The van der Waals surface area contributed by atoms with Crippen LogP contribution in [0.2, 0.25) is 0 Å². The molecule has 0 aliphatic carbocycles. The van der Waals surface area contributed by atoms with Crippen molar-refractivity contribution in [2.45, 2.75) is 13.0 Å². The first kappa shape index (κ1) is 10.0. The normalized spacial score (nSPS) is 12.5. The number of hydrogen-bond acceptors (Lipinski definition) is 5. The molecule has 5 nitrogen and oxygen atoms in total. The third kappa shape index (κ3) is 1.52. The lowest BCUT2D eigenvalue weighted by Gasteiger charge is -2.20. The maximum Gasteiger partial charge on any atom is 0.364 e. The zero-order chi connectivity index (χ0) is 11.8. The molecule has 1 aliphatic heterocycles. The summed E-state index contributed by atoms with van der Waals surface area (Å²) in [5.41, 5.74) is 2.95. The summed E-state index contributed by atoms with van der Waals surface area (Å²) in [5, 5.41) is 15.9. The molecular weight excluding hydrogens is 220 g/mol. The molecule has 1 aromatic heterocycles. The highest BCUT2D eigenvalue weighted by molar-refractivity contribution is 5.72. The predicted molar refractivity (Wildman–Crippen MR) is 61.2 cm³/mol. The standard InChI is InChI=1S/C12H10N2O3/c15-6-10-11-8(12(16)17-14-10)5-7-3-1-2-4-9(7)13-11/h1-4,13,15H,5-6H2. The van der Waals surface area contributed by atoms with Crippen LogP contribution >= 0.6 is 0 Å². The molecule has 2 N–H and O–H groups in total. The lowest BCUT2D eigenvalue weighted by Crippen LogP contribution is -2.19. The molecule has 0 atom stereocenters. The number of aromatic nitrogens is 1. The minimum atomic E-state index is -0.459. The maximum absolute atomic E-state index is 11.6. The Hall–Kier alpha value is -2.14. The second-order valence-corrected chi connectivity index (χ2v) is 3.89. The molecule has 0 radical (unpaired) electrons. The number of para-hydroxylation sites is 1. The first-order chi connectivity index (χ1) is 8.29. The van der Waals surface area contributed by atoms with Gasteiger partial charge in [-0.05, 0) is 11.6 Å². The quantitative estimate of drug-likeness (QED) is 0.656. The molecule has 1 aliphatic rings. The number of nitrogens with zero attached hydrogens (tertiary/aromatic N) is 1. The Kier molecular flexibility index (Phi) is 2.19. The fraction of sp³-hybridized carbons (Fsp3) is 0.167. The molecule has 1 aromatic carbocycles. The molecule has 0 unspecified atom stereocenters. The lowest BCUT2D eigenvalue weighted by molar-refractivity contribution is 0.254. The van der Waals surface area contributed by atoms with E-state index in [1.165, 1.54) is 0 Å². The van der Waals surface area contributed by atoms with Crippen LogP contribution in [0, 0.1) is 0 Å². The average molecular weight is 230 g/mol. The van der Waals surface area contributed by atoms with Crippen LogP contribution in [0.5, 0.6) is 0 Å². The van der Waals surface area contributed by atoms with Crippen molar-refractivity contribution in [3.05, 3.63) is 51.5 Å². The molecule has 2 heterocycles. The van der Waals surface area contributed by atoms with Gasteiger partial charge in [0.1, 0.15) is 5.69 Å². The van der Waals surface area contributed by atoms with Crippen LogP contribution in [0.3, 0.4) is 0 Å². The van der Waals surface area contributed by atoms with Crippen LogP contribution in [0.25, 0.3) is 0 Å². The molecule has 17 heavy (non-hydrogen) atoms. The first-order valence-electron chi connectivity index (χ1n) is 5.27. The first-order valence-corrected chi connectivity index (χ1v) is 5.27. The third-order valence-corrected chi connectivity index (χ3v) is 2.87. The van der Waals surface area contributed by atoms with Crippen molar-refractivity contribution < 1.29 is 9.63 Å². The van der Waals surface area contributed by atoms with Gasteiger partial charge in [0.25, 0.3) is 0 Å². The van der Waals surface area contributed by atoms with Gasteiger partial charge >= 0.3 is 5.63 Å². The zero-order valence-corrected chi connectivity index (χ0v) is 8.93. The summed E-state index contributed by atoms with van der Waals surface area (Å²) in [7, 11) is 0. The Bertz CT molecular complexity index is 634. The minimum Gasteiger partial charge on any atom is -0.390 e. The number of hydrogen-bond donors (Lipinski definition) is 2. The van der Waals surface area contributed by atoms with Gasteiger partial charge in [-0.2, -0.15) is 0 Å². The molecule has 0 bridgehead atoms. The van der Waals surface area contributed by atoms with Crippen LogP contribution in [0.1, 0.15) is 16.8 Å². The number of benzene rings is 1. The summed E-state index contributed by atoms with van der Waals surface area (Å²) in [5.74, 6) is 0. The maximum atomic E-state index is 11.6. The number of nitrogens with one attached hydrogen (secondary N) is 1. The molecule has 86 valence electrons. The summed E-state index contributed by atoms with van der Waals surface area (Å²) in [6.07, 6.45) is 0.496. The largest absolute Gasteiger partial charge is 0.390 e. The van der Waals surface area contributed by atoms with E-state index in [2.05, 4.69) is 15.0 Å². The third-order valence-electron chi connectivity index (χ3n) is 2.87. The van der Waals surface area contributed by atoms with Crippen molar-refractivity contribution in [3.8, 4) is 0 Å². The van der Waals surface area contributed by atoms with Crippen molar-refractivity contribution in [2.75, 3.05) is 5.32 Å². The van der Waals surface area contributed by atoms with Crippen LogP contribution in [0.4, 0.5) is 11.4 Å². The van der Waals surface area contributed by atoms with E-state index in [-0.39, 0.29) is 6.61 Å². The summed E-state index contributed by atoms with van der Waals surface area (Å²) in [4.78, 5) is 11.6. The Labute approximate surface area is 96.7 Å². The van der Waals surface area contributed by atoms with Crippen molar-refractivity contribution in [3.63, 3.8) is 0 Å². The molecule has 0 saturated carbocycles. The van der Waals surface area contributed by atoms with Gasteiger partial charge in [0.05, 0.1) is 17.9 Å². The Balaban J connectivity index is 2.20. The Morgan fingerprint density at radius 2 is 2.24 bits per heavy atom. The Morgan fingerprint density at radius 3 is 3.06 bits per heavy atom. The number of rotatable bonds is 1. The fourth-order valence-corrected chi connectivity index (χ4v) is 2.01. The molecule has 3 rings (SSSR count). The van der Waals surface area contributed by atoms with Gasteiger partial charge in [-0.3, -0.25) is 0 Å². The predicted octanol–water partition coefficient (Wildman–Crippen LogP) is 1.17. The van der Waals surface area contributed by atoms with Crippen LogP contribution in [0.15, 0.2) is 33.6 Å². The smallest absolute Gasteiger partial charge is 0.364 e. The highest BCUT2D eigenvalue weighted by Gasteiger charge is 2.22. The van der Waals surface area contributed by atoms with Gasteiger partial charge in [0.2, 0.25) is 0 Å². The minimum absolute atomic E-state index is 0.263. The summed E-state index contributed by atoms with van der Waals surface area (Å²) >= 11 is 0. The van der Waals surface area contributed by atoms with Crippen molar-refractivity contribution >= 4 is 11.4 Å². The topological polar surface area (TPSA) is 75.4 Å². The van der Waals surface area contributed by atoms with E-state index in [1.807, 2.05) is 24.3 Å². The molecule has 0 fully saturated rings. The molecular formula is C12H10N2O3. The highest BCUT2D eigenvalue weighted by atomic mass is 16.5. The van der Waals surface area contributed by atoms with Gasteiger partial charge in [-0.25, -0.2) is 4.79 Å². The van der Waals surface area contributed by atoms with Gasteiger partial charge in [-0.15, -0.1) is 0 Å². The molecule has 0 amide bonds. The lowest BCUT2D eigenvalue weighted by atomic mass is 9.98. The SMILES string of the molecule is O=c1onc(CO)c2c1Cc1ccccc1N2.